The number of carbonyl (C=O) groups is 2. The van der Waals surface area contributed by atoms with E-state index in [1.54, 1.807) is 36.4 Å². The van der Waals surface area contributed by atoms with Crippen molar-refractivity contribution in [3.05, 3.63) is 107 Å². The first-order valence-corrected chi connectivity index (χ1v) is 10.6. The van der Waals surface area contributed by atoms with Crippen LogP contribution in [0.3, 0.4) is 0 Å². The van der Waals surface area contributed by atoms with E-state index < -0.39 is 29.3 Å². The summed E-state index contributed by atoms with van der Waals surface area (Å²) in [6.45, 7) is 1.83. The standard InChI is InChI=1S/C27H20FNO5/c1-15-6-3-4-8-19(15)29-23(16-10-12-18(28)13-11-16)22(25(31)27(29)32)24(30)21-14-17-7-5-9-20(33-2)26(17)34-21/h3-14,23,31H,1-2H3. The number of ether oxygens (including phenoxy) is 1. The van der Waals surface area contributed by atoms with E-state index in [1.165, 1.54) is 36.3 Å². The minimum atomic E-state index is -0.975. The van der Waals surface area contributed by atoms with E-state index in [-0.39, 0.29) is 11.3 Å². The maximum Gasteiger partial charge on any atom is 0.294 e. The van der Waals surface area contributed by atoms with Crippen LogP contribution < -0.4 is 9.64 Å². The normalized spacial score (nSPS) is 15.9. The molecule has 0 aliphatic carbocycles. The van der Waals surface area contributed by atoms with Crippen molar-refractivity contribution in [3.8, 4) is 5.75 Å². The third-order valence-corrected chi connectivity index (χ3v) is 5.97. The summed E-state index contributed by atoms with van der Waals surface area (Å²) in [7, 11) is 1.49. The molecule has 34 heavy (non-hydrogen) atoms. The number of halogens is 1. The molecule has 1 unspecified atom stereocenters. The van der Waals surface area contributed by atoms with E-state index in [0.29, 0.717) is 28.0 Å². The average Bonchev–Trinajstić information content (AvgIpc) is 3.39. The maximum absolute atomic E-state index is 13.7. The van der Waals surface area contributed by atoms with Gasteiger partial charge in [-0.25, -0.2) is 4.39 Å². The molecule has 0 saturated carbocycles. The number of para-hydroxylation sites is 2. The number of aliphatic hydroxyl groups excluding tert-OH is 1. The van der Waals surface area contributed by atoms with Crippen LogP contribution in [-0.4, -0.2) is 23.9 Å². The van der Waals surface area contributed by atoms with Crippen LogP contribution in [0.25, 0.3) is 11.0 Å². The molecule has 1 N–H and O–H groups in total. The fourth-order valence-corrected chi connectivity index (χ4v) is 4.32. The largest absolute Gasteiger partial charge is 0.503 e. The molecule has 5 rings (SSSR count). The molecule has 4 aromatic rings. The highest BCUT2D eigenvalue weighted by molar-refractivity contribution is 6.21. The van der Waals surface area contributed by atoms with Gasteiger partial charge in [-0.05, 0) is 48.4 Å². The Kier molecular flexibility index (Phi) is 5.17. The molecule has 1 atom stereocenters. The van der Waals surface area contributed by atoms with Gasteiger partial charge in [0.2, 0.25) is 5.78 Å². The first-order chi connectivity index (χ1) is 16.4. The van der Waals surface area contributed by atoms with Gasteiger partial charge in [0.15, 0.2) is 22.9 Å². The number of aryl methyl sites for hydroxylation is 1. The Balaban J connectivity index is 1.68. The Morgan fingerprint density at radius 2 is 1.79 bits per heavy atom. The minimum absolute atomic E-state index is 0.0485. The van der Waals surface area contributed by atoms with Gasteiger partial charge in [-0.2, -0.15) is 0 Å². The molecule has 0 fully saturated rings. The number of furan rings is 1. The molecule has 6 nitrogen and oxygen atoms in total. The van der Waals surface area contributed by atoms with Crippen molar-refractivity contribution in [1.29, 1.82) is 0 Å². The Hall–Kier alpha value is -4.39. The van der Waals surface area contributed by atoms with E-state index in [0.717, 1.165) is 5.56 Å². The van der Waals surface area contributed by atoms with Gasteiger partial charge in [0, 0.05) is 11.1 Å². The number of benzene rings is 3. The van der Waals surface area contributed by atoms with Gasteiger partial charge in [0.25, 0.3) is 5.91 Å². The Morgan fingerprint density at radius 3 is 2.50 bits per heavy atom. The van der Waals surface area contributed by atoms with Crippen molar-refractivity contribution < 1.29 is 28.2 Å². The van der Waals surface area contributed by atoms with Crippen LogP contribution in [0.15, 0.2) is 88.5 Å². The van der Waals surface area contributed by atoms with Crippen LogP contribution in [0.4, 0.5) is 10.1 Å². The molecular formula is C27H20FNO5. The van der Waals surface area contributed by atoms with Gasteiger partial charge in [0.05, 0.1) is 18.7 Å². The first kappa shape index (κ1) is 21.5. The fraction of sp³-hybridized carbons (Fsp3) is 0.111. The summed E-state index contributed by atoms with van der Waals surface area (Å²) in [6.07, 6.45) is 0. The van der Waals surface area contributed by atoms with E-state index in [9.17, 15) is 19.1 Å². The summed E-state index contributed by atoms with van der Waals surface area (Å²) in [4.78, 5) is 28.3. The number of hydrogen-bond acceptors (Lipinski definition) is 5. The molecular weight excluding hydrogens is 437 g/mol. The second-order valence-electron chi connectivity index (χ2n) is 8.00. The number of aliphatic hydroxyl groups is 1. The zero-order chi connectivity index (χ0) is 24.0. The molecule has 0 radical (unpaired) electrons. The van der Waals surface area contributed by atoms with Crippen LogP contribution in [0.1, 0.15) is 27.7 Å². The molecule has 7 heteroatoms. The molecule has 1 aliphatic rings. The molecule has 0 spiro atoms. The van der Waals surface area contributed by atoms with Gasteiger partial charge < -0.3 is 14.3 Å². The third kappa shape index (κ3) is 3.33. The summed E-state index contributed by atoms with van der Waals surface area (Å²) < 4.78 is 24.8. The van der Waals surface area contributed by atoms with Crippen LogP contribution in [-0.2, 0) is 4.79 Å². The molecule has 170 valence electrons. The topological polar surface area (TPSA) is 80.0 Å². The van der Waals surface area contributed by atoms with Gasteiger partial charge in [-0.15, -0.1) is 0 Å². The summed E-state index contributed by atoms with van der Waals surface area (Å²) in [6, 6.07) is 18.4. The van der Waals surface area contributed by atoms with Gasteiger partial charge in [0.1, 0.15) is 5.82 Å². The fourth-order valence-electron chi connectivity index (χ4n) is 4.32. The minimum Gasteiger partial charge on any atom is -0.503 e. The van der Waals surface area contributed by atoms with Gasteiger partial charge in [-0.1, -0.05) is 42.5 Å². The molecule has 3 aromatic carbocycles. The molecule has 0 saturated heterocycles. The lowest BCUT2D eigenvalue weighted by atomic mass is 9.94. The number of methoxy groups -OCH3 is 1. The number of fused-ring (bicyclic) bond motifs is 1. The number of ketones is 1. The number of Topliss-reactive ketones (excluding diaryl/α,β-unsaturated/α-hetero) is 1. The van der Waals surface area contributed by atoms with E-state index >= 15 is 0 Å². The molecule has 1 amide bonds. The van der Waals surface area contributed by atoms with Crippen LogP contribution >= 0.6 is 0 Å². The predicted octanol–water partition coefficient (Wildman–Crippen LogP) is 5.67. The second kappa shape index (κ2) is 8.19. The molecule has 1 aromatic heterocycles. The zero-order valence-corrected chi connectivity index (χ0v) is 18.4. The van der Waals surface area contributed by atoms with E-state index in [4.69, 9.17) is 9.15 Å². The lowest BCUT2D eigenvalue weighted by Gasteiger charge is -2.28. The quantitative estimate of drug-likeness (QED) is 0.391. The molecule has 1 aliphatic heterocycles. The third-order valence-electron chi connectivity index (χ3n) is 5.97. The Morgan fingerprint density at radius 1 is 1.06 bits per heavy atom. The van der Waals surface area contributed by atoms with Gasteiger partial charge >= 0.3 is 0 Å². The van der Waals surface area contributed by atoms with Crippen LogP contribution in [0, 0.1) is 12.7 Å². The van der Waals surface area contributed by atoms with Crippen molar-refractivity contribution in [2.45, 2.75) is 13.0 Å². The summed E-state index contributed by atoms with van der Waals surface area (Å²) in [5, 5.41) is 11.5. The highest BCUT2D eigenvalue weighted by atomic mass is 19.1. The van der Waals surface area contributed by atoms with Crippen molar-refractivity contribution in [3.63, 3.8) is 0 Å². The van der Waals surface area contributed by atoms with Crippen molar-refractivity contribution >= 4 is 28.3 Å². The monoisotopic (exact) mass is 457 g/mol. The predicted molar refractivity (Wildman–Crippen MR) is 125 cm³/mol. The summed E-state index contributed by atoms with van der Waals surface area (Å²) in [5.74, 6) is -2.09. The zero-order valence-electron chi connectivity index (χ0n) is 18.4. The smallest absolute Gasteiger partial charge is 0.294 e. The Bertz CT molecular complexity index is 1470. The number of hydrogen-bond donors (Lipinski definition) is 1. The van der Waals surface area contributed by atoms with E-state index in [2.05, 4.69) is 0 Å². The number of carbonyl (C=O) groups excluding carboxylic acids is 2. The van der Waals surface area contributed by atoms with Crippen molar-refractivity contribution in [2.75, 3.05) is 12.0 Å². The van der Waals surface area contributed by atoms with Crippen molar-refractivity contribution in [2.24, 2.45) is 0 Å². The molecule has 0 bridgehead atoms. The number of nitrogens with zero attached hydrogens (tertiary/aromatic N) is 1. The van der Waals surface area contributed by atoms with E-state index in [1.807, 2.05) is 19.1 Å². The van der Waals surface area contributed by atoms with Gasteiger partial charge in [-0.3, -0.25) is 14.5 Å². The first-order valence-electron chi connectivity index (χ1n) is 10.6. The van der Waals surface area contributed by atoms with Crippen LogP contribution in [0.2, 0.25) is 0 Å². The molecule has 2 heterocycles. The number of rotatable bonds is 5. The lowest BCUT2D eigenvalue weighted by molar-refractivity contribution is -0.117. The Labute approximate surface area is 194 Å². The summed E-state index contributed by atoms with van der Waals surface area (Å²) >= 11 is 0. The van der Waals surface area contributed by atoms with Crippen molar-refractivity contribution in [1.82, 2.24) is 0 Å². The maximum atomic E-state index is 13.7. The highest BCUT2D eigenvalue weighted by Crippen LogP contribution is 2.43. The second-order valence-corrected chi connectivity index (χ2v) is 8.00. The SMILES string of the molecule is COc1cccc2cc(C(=O)C3=C(O)C(=O)N(c4ccccc4C)C3c3ccc(F)cc3)oc12. The number of anilines is 1. The number of amides is 1. The van der Waals surface area contributed by atoms with Crippen LogP contribution in [0.5, 0.6) is 5.75 Å². The lowest BCUT2D eigenvalue weighted by Crippen LogP contribution is -2.31. The highest BCUT2D eigenvalue weighted by Gasteiger charge is 2.45. The average molecular weight is 457 g/mol. The summed E-state index contributed by atoms with van der Waals surface area (Å²) in [5.41, 5.74) is 2.02.